The van der Waals surface area contributed by atoms with Gasteiger partial charge in [-0.3, -0.25) is 0 Å². The van der Waals surface area contributed by atoms with E-state index in [0.29, 0.717) is 0 Å². The van der Waals surface area contributed by atoms with Crippen LogP contribution in [0.4, 0.5) is 0 Å². The molecule has 0 saturated heterocycles. The lowest BCUT2D eigenvalue weighted by molar-refractivity contribution is 0.418. The number of halogens is 1. The molecule has 0 unspecified atom stereocenters. The van der Waals surface area contributed by atoms with Gasteiger partial charge in [-0.25, -0.2) is 0 Å². The predicted octanol–water partition coefficient (Wildman–Crippen LogP) is 4.77. The zero-order chi connectivity index (χ0) is 12.0. The van der Waals surface area contributed by atoms with Crippen LogP contribution in [-0.2, 0) is 5.41 Å². The molecule has 1 aliphatic rings. The third-order valence-electron chi connectivity index (χ3n) is 3.38. The van der Waals surface area contributed by atoms with E-state index in [1.807, 2.05) is 36.4 Å². The highest BCUT2D eigenvalue weighted by Gasteiger charge is 2.35. The lowest BCUT2D eigenvalue weighted by Crippen LogP contribution is -2.24. The standard InChI is InChI=1S/C15H13ClO/c1-15(2)10-6-3-4-8-12(10)17-13-9-5-7-11(16)14(13)15/h3-9H,1-2H3. The van der Waals surface area contributed by atoms with Gasteiger partial charge in [-0.05, 0) is 18.2 Å². The Kier molecular flexibility index (Phi) is 2.20. The predicted molar refractivity (Wildman–Crippen MR) is 70.1 cm³/mol. The van der Waals surface area contributed by atoms with Gasteiger partial charge in [0, 0.05) is 21.6 Å². The molecule has 17 heavy (non-hydrogen) atoms. The fraction of sp³-hybridized carbons (Fsp3) is 0.200. The van der Waals surface area contributed by atoms with Crippen molar-refractivity contribution in [2.75, 3.05) is 0 Å². The lowest BCUT2D eigenvalue weighted by atomic mass is 9.76. The molecule has 2 aromatic carbocycles. The summed E-state index contributed by atoms with van der Waals surface area (Å²) in [5.41, 5.74) is 2.13. The van der Waals surface area contributed by atoms with Gasteiger partial charge in [-0.1, -0.05) is 49.7 Å². The Hall–Kier alpha value is -1.47. The maximum absolute atomic E-state index is 6.31. The average Bonchev–Trinajstić information content (AvgIpc) is 2.28. The van der Waals surface area contributed by atoms with Gasteiger partial charge >= 0.3 is 0 Å². The van der Waals surface area contributed by atoms with Gasteiger partial charge in [0.2, 0.25) is 0 Å². The Morgan fingerprint density at radius 2 is 1.65 bits per heavy atom. The van der Waals surface area contributed by atoms with E-state index in [1.165, 1.54) is 5.56 Å². The summed E-state index contributed by atoms with van der Waals surface area (Å²) in [5.74, 6) is 1.79. The molecular weight excluding hydrogens is 232 g/mol. The normalized spacial score (nSPS) is 15.7. The van der Waals surface area contributed by atoms with E-state index in [4.69, 9.17) is 16.3 Å². The molecule has 0 amide bonds. The Balaban J connectivity index is 2.32. The second kappa shape index (κ2) is 3.51. The molecule has 86 valence electrons. The van der Waals surface area contributed by atoms with Crippen LogP contribution < -0.4 is 4.74 Å². The fourth-order valence-corrected chi connectivity index (χ4v) is 2.92. The molecule has 2 aromatic rings. The van der Waals surface area contributed by atoms with Gasteiger partial charge in [0.05, 0.1) is 0 Å². The van der Waals surface area contributed by atoms with Crippen LogP contribution in [0, 0.1) is 0 Å². The molecule has 1 heterocycles. The van der Waals surface area contributed by atoms with Crippen LogP contribution in [-0.4, -0.2) is 0 Å². The van der Waals surface area contributed by atoms with Gasteiger partial charge in [0.25, 0.3) is 0 Å². The maximum Gasteiger partial charge on any atom is 0.133 e. The van der Waals surface area contributed by atoms with Gasteiger partial charge in [-0.2, -0.15) is 0 Å². The van der Waals surface area contributed by atoms with Gasteiger partial charge in [-0.15, -0.1) is 0 Å². The van der Waals surface area contributed by atoms with E-state index in [-0.39, 0.29) is 5.41 Å². The number of rotatable bonds is 0. The molecule has 0 radical (unpaired) electrons. The molecule has 0 N–H and O–H groups in total. The van der Waals surface area contributed by atoms with Gasteiger partial charge in [0.15, 0.2) is 0 Å². The summed E-state index contributed by atoms with van der Waals surface area (Å²) >= 11 is 6.31. The summed E-state index contributed by atoms with van der Waals surface area (Å²) in [4.78, 5) is 0. The Morgan fingerprint density at radius 3 is 2.47 bits per heavy atom. The first kappa shape index (κ1) is 10.7. The summed E-state index contributed by atoms with van der Waals surface area (Å²) in [7, 11) is 0. The van der Waals surface area contributed by atoms with Crippen molar-refractivity contribution in [1.82, 2.24) is 0 Å². The average molecular weight is 245 g/mol. The molecule has 0 saturated carbocycles. The van der Waals surface area contributed by atoms with Crippen LogP contribution in [0.1, 0.15) is 25.0 Å². The minimum Gasteiger partial charge on any atom is -0.457 e. The summed E-state index contributed by atoms with van der Waals surface area (Å²) in [6, 6.07) is 13.9. The van der Waals surface area contributed by atoms with Crippen molar-refractivity contribution in [3.8, 4) is 11.5 Å². The van der Waals surface area contributed by atoms with Crippen molar-refractivity contribution in [2.45, 2.75) is 19.3 Å². The number of benzene rings is 2. The first-order valence-electron chi connectivity index (χ1n) is 5.67. The monoisotopic (exact) mass is 244 g/mol. The number of para-hydroxylation sites is 1. The molecule has 0 fully saturated rings. The summed E-state index contributed by atoms with van der Waals surface area (Å²) in [5, 5.41) is 0.766. The van der Waals surface area contributed by atoms with Crippen LogP contribution in [0.15, 0.2) is 42.5 Å². The van der Waals surface area contributed by atoms with Crippen LogP contribution in [0.2, 0.25) is 5.02 Å². The Bertz CT molecular complexity index is 587. The van der Waals surface area contributed by atoms with E-state index >= 15 is 0 Å². The first-order chi connectivity index (χ1) is 8.10. The zero-order valence-electron chi connectivity index (χ0n) is 9.83. The smallest absolute Gasteiger partial charge is 0.133 e. The Morgan fingerprint density at radius 1 is 0.941 bits per heavy atom. The van der Waals surface area contributed by atoms with Crippen molar-refractivity contribution >= 4 is 11.6 Å². The van der Waals surface area contributed by atoms with Gasteiger partial charge in [0.1, 0.15) is 11.5 Å². The SMILES string of the molecule is CC1(C)c2ccccc2Oc2cccc(Cl)c21. The number of ether oxygens (including phenoxy) is 1. The van der Waals surface area contributed by atoms with Crippen molar-refractivity contribution in [3.63, 3.8) is 0 Å². The minimum absolute atomic E-state index is 0.123. The molecule has 1 nitrogen and oxygen atoms in total. The maximum atomic E-state index is 6.31. The van der Waals surface area contributed by atoms with Gasteiger partial charge < -0.3 is 4.74 Å². The van der Waals surface area contributed by atoms with E-state index in [0.717, 1.165) is 22.1 Å². The summed E-state index contributed by atoms with van der Waals surface area (Å²) < 4.78 is 5.91. The topological polar surface area (TPSA) is 9.23 Å². The highest BCUT2D eigenvalue weighted by Crippen LogP contribution is 2.49. The molecule has 0 bridgehead atoms. The fourth-order valence-electron chi connectivity index (χ4n) is 2.52. The number of fused-ring (bicyclic) bond motifs is 2. The molecule has 0 atom stereocenters. The number of hydrogen-bond donors (Lipinski definition) is 0. The van der Waals surface area contributed by atoms with E-state index in [1.54, 1.807) is 0 Å². The molecule has 3 rings (SSSR count). The highest BCUT2D eigenvalue weighted by molar-refractivity contribution is 6.31. The lowest BCUT2D eigenvalue weighted by Gasteiger charge is -2.35. The quantitative estimate of drug-likeness (QED) is 0.649. The van der Waals surface area contributed by atoms with Crippen molar-refractivity contribution in [3.05, 3.63) is 58.6 Å². The number of hydrogen-bond acceptors (Lipinski definition) is 1. The van der Waals surface area contributed by atoms with Crippen LogP contribution in [0.3, 0.4) is 0 Å². The summed E-state index contributed by atoms with van der Waals surface area (Å²) in [6.45, 7) is 4.36. The third-order valence-corrected chi connectivity index (χ3v) is 3.70. The minimum atomic E-state index is -0.123. The third kappa shape index (κ3) is 1.46. The summed E-state index contributed by atoms with van der Waals surface area (Å²) in [6.07, 6.45) is 0. The van der Waals surface area contributed by atoms with Crippen LogP contribution in [0.5, 0.6) is 11.5 Å². The van der Waals surface area contributed by atoms with Crippen LogP contribution in [0.25, 0.3) is 0 Å². The molecular formula is C15H13ClO. The second-order valence-electron chi connectivity index (χ2n) is 4.84. The van der Waals surface area contributed by atoms with Crippen molar-refractivity contribution < 1.29 is 4.74 Å². The highest BCUT2D eigenvalue weighted by atomic mass is 35.5. The van der Waals surface area contributed by atoms with E-state index in [2.05, 4.69) is 19.9 Å². The molecule has 2 heteroatoms. The Labute approximate surface area is 106 Å². The first-order valence-corrected chi connectivity index (χ1v) is 6.05. The van der Waals surface area contributed by atoms with Crippen molar-refractivity contribution in [2.24, 2.45) is 0 Å². The molecule has 1 aliphatic heterocycles. The molecule has 0 spiro atoms. The second-order valence-corrected chi connectivity index (χ2v) is 5.24. The zero-order valence-corrected chi connectivity index (χ0v) is 10.6. The molecule has 0 aliphatic carbocycles. The van der Waals surface area contributed by atoms with Crippen LogP contribution >= 0.6 is 11.6 Å². The largest absolute Gasteiger partial charge is 0.457 e. The van der Waals surface area contributed by atoms with E-state index in [9.17, 15) is 0 Å². The van der Waals surface area contributed by atoms with Crippen molar-refractivity contribution in [1.29, 1.82) is 0 Å². The molecule has 0 aromatic heterocycles. The van der Waals surface area contributed by atoms with E-state index < -0.39 is 0 Å².